The second-order valence-electron chi connectivity index (χ2n) is 7.47. The van der Waals surface area contributed by atoms with Gasteiger partial charge in [-0.05, 0) is 64.6 Å². The molecule has 25 heavy (non-hydrogen) atoms. The molecule has 2 aromatic heterocycles. The van der Waals surface area contributed by atoms with Gasteiger partial charge >= 0.3 is 0 Å². The van der Waals surface area contributed by atoms with Gasteiger partial charge in [0.05, 0.1) is 16.6 Å². The molecule has 2 fully saturated rings. The van der Waals surface area contributed by atoms with E-state index in [0.29, 0.717) is 28.9 Å². The van der Waals surface area contributed by atoms with Crippen molar-refractivity contribution in [2.75, 3.05) is 19.6 Å². The van der Waals surface area contributed by atoms with Gasteiger partial charge in [-0.1, -0.05) is 11.6 Å². The lowest BCUT2D eigenvalue weighted by atomic mass is 9.83. The van der Waals surface area contributed by atoms with Crippen LogP contribution in [0.3, 0.4) is 0 Å². The first-order valence-corrected chi connectivity index (χ1v) is 9.39. The highest BCUT2D eigenvalue weighted by atomic mass is 16.5. The normalized spacial score (nSPS) is 24.2. The van der Waals surface area contributed by atoms with Gasteiger partial charge in [0.15, 0.2) is 0 Å². The molecule has 134 valence electrons. The van der Waals surface area contributed by atoms with Crippen molar-refractivity contribution in [2.45, 2.75) is 52.0 Å². The SMILES string of the molecule is Cc1cc(C(=O)NCC2CCCN3CCCCC23)c2c(C)noc2n1. The minimum Gasteiger partial charge on any atom is -0.352 e. The summed E-state index contributed by atoms with van der Waals surface area (Å²) in [5, 5.41) is 7.86. The molecule has 2 saturated heterocycles. The second kappa shape index (κ2) is 6.75. The van der Waals surface area contributed by atoms with E-state index in [9.17, 15) is 4.79 Å². The number of rotatable bonds is 3. The van der Waals surface area contributed by atoms with Crippen molar-refractivity contribution in [3.63, 3.8) is 0 Å². The Morgan fingerprint density at radius 1 is 1.28 bits per heavy atom. The van der Waals surface area contributed by atoms with Gasteiger partial charge in [0.25, 0.3) is 11.6 Å². The largest absolute Gasteiger partial charge is 0.352 e. The van der Waals surface area contributed by atoms with Gasteiger partial charge in [0.1, 0.15) is 0 Å². The maximum Gasteiger partial charge on any atom is 0.258 e. The minimum atomic E-state index is -0.0465. The Bertz CT molecular complexity index is 783. The fourth-order valence-corrected chi connectivity index (χ4v) is 4.53. The Hall–Kier alpha value is -1.95. The summed E-state index contributed by atoms with van der Waals surface area (Å²) in [6, 6.07) is 2.47. The molecule has 0 saturated carbocycles. The molecular formula is C19H26N4O2. The van der Waals surface area contributed by atoms with E-state index < -0.39 is 0 Å². The molecule has 0 aromatic carbocycles. The summed E-state index contributed by atoms with van der Waals surface area (Å²) in [6.07, 6.45) is 6.34. The van der Waals surface area contributed by atoms with E-state index >= 15 is 0 Å². The molecule has 6 nitrogen and oxygen atoms in total. The quantitative estimate of drug-likeness (QED) is 0.929. The van der Waals surface area contributed by atoms with Gasteiger partial charge in [0, 0.05) is 18.3 Å². The Morgan fingerprint density at radius 3 is 3.00 bits per heavy atom. The van der Waals surface area contributed by atoms with Crippen molar-refractivity contribution in [1.82, 2.24) is 20.4 Å². The van der Waals surface area contributed by atoms with E-state index in [2.05, 4.69) is 20.4 Å². The van der Waals surface area contributed by atoms with Crippen LogP contribution in [0.5, 0.6) is 0 Å². The number of aromatic nitrogens is 2. The number of amides is 1. The van der Waals surface area contributed by atoms with Crippen LogP contribution < -0.4 is 5.32 Å². The maximum absolute atomic E-state index is 12.8. The van der Waals surface area contributed by atoms with Gasteiger partial charge in [-0.15, -0.1) is 0 Å². The predicted molar refractivity (Wildman–Crippen MR) is 95.5 cm³/mol. The number of hydrogen-bond donors (Lipinski definition) is 1. The molecule has 0 aliphatic carbocycles. The number of piperidine rings is 2. The molecule has 0 radical (unpaired) electrons. The first kappa shape index (κ1) is 16.5. The van der Waals surface area contributed by atoms with Crippen LogP contribution in [-0.2, 0) is 0 Å². The minimum absolute atomic E-state index is 0.0465. The average molecular weight is 342 g/mol. The van der Waals surface area contributed by atoms with Crippen molar-refractivity contribution in [1.29, 1.82) is 0 Å². The van der Waals surface area contributed by atoms with Crippen LogP contribution in [0.1, 0.15) is 53.8 Å². The fraction of sp³-hybridized carbons (Fsp3) is 0.632. The zero-order valence-corrected chi connectivity index (χ0v) is 15.0. The number of carbonyl (C=O) groups is 1. The Balaban J connectivity index is 1.50. The number of nitrogens with one attached hydrogen (secondary N) is 1. The van der Waals surface area contributed by atoms with E-state index in [-0.39, 0.29) is 5.91 Å². The maximum atomic E-state index is 12.8. The summed E-state index contributed by atoms with van der Waals surface area (Å²) in [5.41, 5.74) is 2.55. The van der Waals surface area contributed by atoms with Crippen LogP contribution in [0, 0.1) is 19.8 Å². The molecule has 4 rings (SSSR count). The van der Waals surface area contributed by atoms with Crippen molar-refractivity contribution in [3.05, 3.63) is 23.0 Å². The van der Waals surface area contributed by atoms with Crippen LogP contribution in [0.4, 0.5) is 0 Å². The lowest BCUT2D eigenvalue weighted by Gasteiger charge is -2.44. The molecule has 2 aliphatic heterocycles. The summed E-state index contributed by atoms with van der Waals surface area (Å²) in [6.45, 7) is 6.90. The number of fused-ring (bicyclic) bond motifs is 2. The third-order valence-electron chi connectivity index (χ3n) is 5.74. The van der Waals surface area contributed by atoms with Gasteiger partial charge in [-0.25, -0.2) is 4.98 Å². The molecule has 2 aliphatic rings. The summed E-state index contributed by atoms with van der Waals surface area (Å²) in [5.74, 6) is 0.509. The summed E-state index contributed by atoms with van der Waals surface area (Å²) < 4.78 is 5.24. The predicted octanol–water partition coefficient (Wildman–Crippen LogP) is 2.83. The standard InChI is InChI=1S/C19H26N4O2/c1-12-10-15(17-13(2)22-25-19(17)21-12)18(24)20-11-14-6-5-9-23-8-4-3-7-16(14)23/h10,14,16H,3-9,11H2,1-2H3,(H,20,24). The first-order valence-electron chi connectivity index (χ1n) is 9.39. The van der Waals surface area contributed by atoms with Crippen LogP contribution in [0.2, 0.25) is 0 Å². The summed E-state index contributed by atoms with van der Waals surface area (Å²) in [4.78, 5) is 19.8. The number of pyridine rings is 1. The van der Waals surface area contributed by atoms with Crippen LogP contribution in [-0.4, -0.2) is 46.6 Å². The summed E-state index contributed by atoms with van der Waals surface area (Å²) >= 11 is 0. The molecule has 0 bridgehead atoms. The van der Waals surface area contributed by atoms with Crippen molar-refractivity contribution in [3.8, 4) is 0 Å². The van der Waals surface area contributed by atoms with E-state index in [1.54, 1.807) is 0 Å². The molecule has 2 aromatic rings. The Morgan fingerprint density at radius 2 is 2.12 bits per heavy atom. The monoisotopic (exact) mass is 342 g/mol. The molecule has 2 atom stereocenters. The zero-order valence-electron chi connectivity index (χ0n) is 15.0. The average Bonchev–Trinajstić information content (AvgIpc) is 2.99. The molecule has 2 unspecified atom stereocenters. The van der Waals surface area contributed by atoms with Crippen LogP contribution >= 0.6 is 0 Å². The van der Waals surface area contributed by atoms with Gasteiger partial charge in [0.2, 0.25) is 0 Å². The highest BCUT2D eigenvalue weighted by Gasteiger charge is 2.33. The number of hydrogen-bond acceptors (Lipinski definition) is 5. The highest BCUT2D eigenvalue weighted by Crippen LogP contribution is 2.30. The zero-order chi connectivity index (χ0) is 17.4. The van der Waals surface area contributed by atoms with Crippen molar-refractivity contribution >= 4 is 17.0 Å². The van der Waals surface area contributed by atoms with Crippen LogP contribution in [0.25, 0.3) is 11.1 Å². The van der Waals surface area contributed by atoms with E-state index in [1.807, 2.05) is 19.9 Å². The topological polar surface area (TPSA) is 71.3 Å². The molecule has 6 heteroatoms. The summed E-state index contributed by atoms with van der Waals surface area (Å²) in [7, 11) is 0. The van der Waals surface area contributed by atoms with Crippen LogP contribution in [0.15, 0.2) is 10.6 Å². The van der Waals surface area contributed by atoms with E-state index in [4.69, 9.17) is 4.52 Å². The second-order valence-corrected chi connectivity index (χ2v) is 7.47. The lowest BCUT2D eigenvalue weighted by Crippen LogP contribution is -2.51. The molecule has 1 N–H and O–H groups in total. The van der Waals surface area contributed by atoms with Gasteiger partial charge in [-0.2, -0.15) is 0 Å². The lowest BCUT2D eigenvalue weighted by molar-refractivity contribution is 0.0576. The fourth-order valence-electron chi connectivity index (χ4n) is 4.53. The number of carbonyl (C=O) groups excluding carboxylic acids is 1. The smallest absolute Gasteiger partial charge is 0.258 e. The number of nitrogens with zero attached hydrogens (tertiary/aromatic N) is 3. The van der Waals surface area contributed by atoms with Gasteiger partial charge < -0.3 is 14.7 Å². The first-order chi connectivity index (χ1) is 12.1. The molecule has 4 heterocycles. The third-order valence-corrected chi connectivity index (χ3v) is 5.74. The van der Waals surface area contributed by atoms with E-state index in [0.717, 1.165) is 17.6 Å². The molecule has 1 amide bonds. The Labute approximate surface area is 148 Å². The van der Waals surface area contributed by atoms with E-state index in [1.165, 1.54) is 45.2 Å². The van der Waals surface area contributed by atoms with Gasteiger partial charge in [-0.3, -0.25) is 4.79 Å². The molecule has 0 spiro atoms. The van der Waals surface area contributed by atoms with Crippen molar-refractivity contribution < 1.29 is 9.32 Å². The number of aryl methyl sites for hydroxylation is 2. The van der Waals surface area contributed by atoms with Crippen molar-refractivity contribution in [2.24, 2.45) is 5.92 Å². The molecular weight excluding hydrogens is 316 g/mol. The highest BCUT2D eigenvalue weighted by molar-refractivity contribution is 6.06. The Kier molecular flexibility index (Phi) is 4.46. The third kappa shape index (κ3) is 3.15.